The van der Waals surface area contributed by atoms with E-state index >= 15 is 0 Å². The van der Waals surface area contributed by atoms with Crippen LogP contribution < -0.4 is 14.9 Å². The van der Waals surface area contributed by atoms with Gasteiger partial charge in [-0.1, -0.05) is 54.6 Å². The van der Waals surface area contributed by atoms with Crippen molar-refractivity contribution in [3.8, 4) is 22.6 Å². The Bertz CT molecular complexity index is 1350. The highest BCUT2D eigenvalue weighted by Gasteiger charge is 2.15. The minimum Gasteiger partial charge on any atom is -0.481 e. The Morgan fingerprint density at radius 1 is 0.806 bits per heavy atom. The molecular formula is C29H23FN2O4. The lowest BCUT2D eigenvalue weighted by molar-refractivity contribution is -0.127. The van der Waals surface area contributed by atoms with Crippen LogP contribution in [0.4, 0.5) is 4.39 Å². The summed E-state index contributed by atoms with van der Waals surface area (Å²) in [5.41, 5.74) is 5.11. The molecule has 1 N–H and O–H groups in total. The molecule has 0 aliphatic carbocycles. The van der Waals surface area contributed by atoms with Gasteiger partial charge in [0.15, 0.2) is 6.10 Å². The summed E-state index contributed by atoms with van der Waals surface area (Å²) in [6, 6.07) is 29.5. The molecule has 4 aromatic rings. The third kappa shape index (κ3) is 6.42. The largest absolute Gasteiger partial charge is 0.481 e. The van der Waals surface area contributed by atoms with Crippen LogP contribution in [0.5, 0.6) is 11.5 Å². The van der Waals surface area contributed by atoms with Gasteiger partial charge < -0.3 is 9.47 Å². The molecule has 0 radical (unpaired) electrons. The van der Waals surface area contributed by atoms with Gasteiger partial charge in [-0.05, 0) is 72.1 Å². The summed E-state index contributed by atoms with van der Waals surface area (Å²) in [6.45, 7) is 1.63. The maximum Gasteiger partial charge on any atom is 0.346 e. The second-order valence-corrected chi connectivity index (χ2v) is 7.82. The molecule has 0 bridgehead atoms. The van der Waals surface area contributed by atoms with Crippen LogP contribution in [0, 0.1) is 5.82 Å². The molecule has 0 saturated carbocycles. The fourth-order valence-electron chi connectivity index (χ4n) is 3.29. The minimum atomic E-state index is -0.787. The summed E-state index contributed by atoms with van der Waals surface area (Å²) >= 11 is 0. The molecule has 1 atom stereocenters. The van der Waals surface area contributed by atoms with Crippen LogP contribution in [0.1, 0.15) is 22.8 Å². The molecule has 0 heterocycles. The van der Waals surface area contributed by atoms with E-state index in [2.05, 4.69) is 10.5 Å². The summed E-state index contributed by atoms with van der Waals surface area (Å²) in [4.78, 5) is 24.4. The summed E-state index contributed by atoms with van der Waals surface area (Å²) < 4.78 is 24.6. The number of benzene rings is 4. The molecule has 0 fully saturated rings. The van der Waals surface area contributed by atoms with E-state index in [0.717, 1.165) is 11.1 Å². The van der Waals surface area contributed by atoms with Crippen LogP contribution in [0.3, 0.4) is 0 Å². The maximum atomic E-state index is 13.7. The molecule has 180 valence electrons. The Kier molecular flexibility index (Phi) is 7.83. The first kappa shape index (κ1) is 24.3. The monoisotopic (exact) mass is 482 g/mol. The second kappa shape index (κ2) is 11.6. The summed E-state index contributed by atoms with van der Waals surface area (Å²) in [5.74, 6) is -1.02. The van der Waals surface area contributed by atoms with Crippen molar-refractivity contribution >= 4 is 18.1 Å². The number of hydrogen-bond acceptors (Lipinski definition) is 5. The van der Waals surface area contributed by atoms with Crippen molar-refractivity contribution in [2.75, 3.05) is 0 Å². The van der Waals surface area contributed by atoms with Crippen molar-refractivity contribution in [2.24, 2.45) is 5.10 Å². The van der Waals surface area contributed by atoms with E-state index in [1.807, 2.05) is 54.6 Å². The predicted octanol–water partition coefficient (Wildman–Crippen LogP) is 5.63. The van der Waals surface area contributed by atoms with Gasteiger partial charge in [0, 0.05) is 0 Å². The normalized spacial score (nSPS) is 11.6. The van der Waals surface area contributed by atoms with Crippen molar-refractivity contribution in [2.45, 2.75) is 13.0 Å². The van der Waals surface area contributed by atoms with Crippen LogP contribution in [0.15, 0.2) is 108 Å². The van der Waals surface area contributed by atoms with Crippen LogP contribution in [0.2, 0.25) is 0 Å². The highest BCUT2D eigenvalue weighted by Crippen LogP contribution is 2.22. The molecule has 0 saturated heterocycles. The van der Waals surface area contributed by atoms with Crippen molar-refractivity contribution < 1.29 is 23.5 Å². The van der Waals surface area contributed by atoms with Gasteiger partial charge in [-0.2, -0.15) is 5.10 Å². The van der Waals surface area contributed by atoms with Gasteiger partial charge >= 0.3 is 5.97 Å². The number of amides is 1. The Morgan fingerprint density at radius 2 is 1.42 bits per heavy atom. The third-order valence-electron chi connectivity index (χ3n) is 5.22. The first-order chi connectivity index (χ1) is 17.5. The Hall–Kier alpha value is -4.78. The van der Waals surface area contributed by atoms with Gasteiger partial charge in [-0.15, -0.1) is 0 Å². The average Bonchev–Trinajstić information content (AvgIpc) is 2.90. The van der Waals surface area contributed by atoms with E-state index in [0.29, 0.717) is 11.3 Å². The van der Waals surface area contributed by atoms with Crippen molar-refractivity contribution in [1.82, 2.24) is 5.43 Å². The molecule has 4 aromatic carbocycles. The first-order valence-corrected chi connectivity index (χ1v) is 11.2. The highest BCUT2D eigenvalue weighted by atomic mass is 19.1. The molecule has 0 spiro atoms. The summed E-state index contributed by atoms with van der Waals surface area (Å²) in [5, 5.41) is 3.95. The average molecular weight is 483 g/mol. The number of ether oxygens (including phenoxy) is 2. The highest BCUT2D eigenvalue weighted by molar-refractivity contribution is 5.91. The fourth-order valence-corrected chi connectivity index (χ4v) is 3.29. The van der Waals surface area contributed by atoms with E-state index in [9.17, 15) is 14.0 Å². The number of nitrogens with zero attached hydrogens (tertiary/aromatic N) is 1. The Labute approximate surface area is 208 Å². The van der Waals surface area contributed by atoms with E-state index in [1.165, 1.54) is 24.4 Å². The van der Waals surface area contributed by atoms with Crippen molar-refractivity contribution in [3.05, 3.63) is 120 Å². The smallest absolute Gasteiger partial charge is 0.346 e. The molecule has 0 aliphatic heterocycles. The zero-order chi connectivity index (χ0) is 25.3. The summed E-state index contributed by atoms with van der Waals surface area (Å²) in [6.07, 6.45) is 0.687. The second-order valence-electron chi connectivity index (χ2n) is 7.82. The predicted molar refractivity (Wildman–Crippen MR) is 136 cm³/mol. The van der Waals surface area contributed by atoms with Crippen LogP contribution in [0.25, 0.3) is 11.1 Å². The number of halogens is 1. The third-order valence-corrected chi connectivity index (χ3v) is 5.22. The molecule has 0 aliphatic rings. The SMILES string of the molecule is C[C@H](Oc1ccc(-c2ccccc2)cc1)C(=O)N/N=C\c1ccc(OC(=O)c2ccccc2F)cc1. The van der Waals surface area contributed by atoms with Gasteiger partial charge in [0.1, 0.15) is 17.3 Å². The standard InChI is InChI=1S/C29H23FN2O4/c1-20(35-24-17-13-23(14-18-24)22-7-3-2-4-8-22)28(33)32-31-19-21-11-15-25(16-12-21)36-29(34)26-9-5-6-10-27(26)30/h2-20H,1H3,(H,32,33)/b31-19-/t20-/m0/s1. The molecule has 7 heteroatoms. The van der Waals surface area contributed by atoms with Gasteiger partial charge in [-0.25, -0.2) is 14.6 Å². The van der Waals surface area contributed by atoms with Gasteiger partial charge in [0.05, 0.1) is 11.8 Å². The topological polar surface area (TPSA) is 77.0 Å². The number of rotatable bonds is 8. The van der Waals surface area contributed by atoms with Crippen molar-refractivity contribution in [3.63, 3.8) is 0 Å². The number of carbonyl (C=O) groups is 2. The number of esters is 1. The van der Waals surface area contributed by atoms with E-state index in [1.54, 1.807) is 37.3 Å². The molecular weight excluding hydrogens is 459 g/mol. The maximum absolute atomic E-state index is 13.7. The van der Waals surface area contributed by atoms with Crippen LogP contribution in [-0.2, 0) is 4.79 Å². The van der Waals surface area contributed by atoms with Gasteiger partial charge in [0.25, 0.3) is 5.91 Å². The molecule has 0 unspecified atom stereocenters. The number of hydrogen-bond donors (Lipinski definition) is 1. The zero-order valence-corrected chi connectivity index (χ0v) is 19.4. The summed E-state index contributed by atoms with van der Waals surface area (Å²) in [7, 11) is 0. The van der Waals surface area contributed by atoms with E-state index < -0.39 is 23.8 Å². The Morgan fingerprint density at radius 3 is 2.11 bits per heavy atom. The Balaban J connectivity index is 1.26. The van der Waals surface area contributed by atoms with E-state index in [-0.39, 0.29) is 11.3 Å². The molecule has 4 rings (SSSR count). The lowest BCUT2D eigenvalue weighted by Gasteiger charge is -2.13. The van der Waals surface area contributed by atoms with Crippen molar-refractivity contribution in [1.29, 1.82) is 0 Å². The lowest BCUT2D eigenvalue weighted by Crippen LogP contribution is -2.33. The van der Waals surface area contributed by atoms with Crippen LogP contribution in [-0.4, -0.2) is 24.2 Å². The molecule has 0 aromatic heterocycles. The number of carbonyl (C=O) groups excluding carboxylic acids is 2. The van der Waals surface area contributed by atoms with Gasteiger partial charge in [0.2, 0.25) is 0 Å². The van der Waals surface area contributed by atoms with E-state index in [4.69, 9.17) is 9.47 Å². The molecule has 36 heavy (non-hydrogen) atoms. The molecule has 6 nitrogen and oxygen atoms in total. The number of hydrazone groups is 1. The minimum absolute atomic E-state index is 0.144. The zero-order valence-electron chi connectivity index (χ0n) is 19.4. The number of nitrogens with one attached hydrogen (secondary N) is 1. The quantitative estimate of drug-likeness (QED) is 0.153. The van der Waals surface area contributed by atoms with Crippen LogP contribution >= 0.6 is 0 Å². The van der Waals surface area contributed by atoms with Gasteiger partial charge in [-0.3, -0.25) is 4.79 Å². The molecule has 1 amide bonds. The fraction of sp³-hybridized carbons (Fsp3) is 0.0690. The first-order valence-electron chi connectivity index (χ1n) is 11.2. The lowest BCUT2D eigenvalue weighted by atomic mass is 10.1.